The molecular weight excluding hydrogens is 226 g/mol. The fourth-order valence-corrected chi connectivity index (χ4v) is 1.02. The first kappa shape index (κ1) is 13.0. The predicted molar refractivity (Wildman–Crippen MR) is 59.9 cm³/mol. The second-order valence-electron chi connectivity index (χ2n) is 3.81. The van der Waals surface area contributed by atoms with E-state index in [0.717, 1.165) is 6.07 Å². The monoisotopic (exact) mass is 239 g/mol. The van der Waals surface area contributed by atoms with E-state index in [4.69, 9.17) is 9.47 Å². The highest BCUT2D eigenvalue weighted by molar-refractivity contribution is 5.64. The maximum atomic E-state index is 11.2. The molecule has 0 unspecified atom stereocenters. The van der Waals surface area contributed by atoms with E-state index < -0.39 is 11.1 Å². The molecule has 1 aromatic carbocycles. The van der Waals surface area contributed by atoms with Crippen molar-refractivity contribution < 1.29 is 19.2 Å². The largest absolute Gasteiger partial charge is 0.513 e. The van der Waals surface area contributed by atoms with Crippen LogP contribution in [0.4, 0.5) is 10.5 Å². The number of rotatable bonds is 4. The number of carbonyl (C=O) groups excluding carboxylic acids is 1. The van der Waals surface area contributed by atoms with E-state index >= 15 is 0 Å². The summed E-state index contributed by atoms with van der Waals surface area (Å²) in [7, 11) is 0. The highest BCUT2D eigenvalue weighted by Crippen LogP contribution is 2.19. The number of carbonyl (C=O) groups is 1. The Hall–Kier alpha value is -2.11. The maximum absolute atomic E-state index is 11.2. The highest BCUT2D eigenvalue weighted by Gasteiger charge is 2.11. The summed E-state index contributed by atoms with van der Waals surface area (Å²) >= 11 is 0. The summed E-state index contributed by atoms with van der Waals surface area (Å²) in [5, 5.41) is 10.5. The van der Waals surface area contributed by atoms with Crippen LogP contribution in [0.2, 0.25) is 0 Å². The summed E-state index contributed by atoms with van der Waals surface area (Å²) in [6, 6.07) is 5.36. The Morgan fingerprint density at radius 3 is 2.76 bits per heavy atom. The molecule has 1 rings (SSSR count). The minimum Gasteiger partial charge on any atom is -0.434 e. The van der Waals surface area contributed by atoms with Crippen LogP contribution in [0.25, 0.3) is 0 Å². The van der Waals surface area contributed by atoms with Gasteiger partial charge < -0.3 is 9.47 Å². The lowest BCUT2D eigenvalue weighted by atomic mass is 10.2. The SMILES string of the molecule is CC(C)COC(=O)Oc1cccc([N+](=O)[O-])c1. The van der Waals surface area contributed by atoms with Gasteiger partial charge in [0.2, 0.25) is 0 Å². The number of nitro groups is 1. The molecule has 17 heavy (non-hydrogen) atoms. The van der Waals surface area contributed by atoms with Crippen molar-refractivity contribution >= 4 is 11.8 Å². The zero-order valence-electron chi connectivity index (χ0n) is 9.58. The number of hydrogen-bond donors (Lipinski definition) is 0. The Kier molecular flexibility index (Phi) is 4.45. The van der Waals surface area contributed by atoms with Crippen molar-refractivity contribution in [3.8, 4) is 5.75 Å². The quantitative estimate of drug-likeness (QED) is 0.349. The van der Waals surface area contributed by atoms with Gasteiger partial charge in [0.25, 0.3) is 5.69 Å². The van der Waals surface area contributed by atoms with E-state index in [1.165, 1.54) is 18.2 Å². The minimum atomic E-state index is -0.862. The van der Waals surface area contributed by atoms with Crippen LogP contribution in [-0.2, 0) is 4.74 Å². The van der Waals surface area contributed by atoms with Crippen LogP contribution < -0.4 is 4.74 Å². The second-order valence-corrected chi connectivity index (χ2v) is 3.81. The van der Waals surface area contributed by atoms with Gasteiger partial charge in [0.1, 0.15) is 5.75 Å². The van der Waals surface area contributed by atoms with E-state index in [-0.39, 0.29) is 24.0 Å². The molecule has 0 heterocycles. The van der Waals surface area contributed by atoms with Gasteiger partial charge in [-0.3, -0.25) is 10.1 Å². The van der Waals surface area contributed by atoms with Crippen LogP contribution in [-0.4, -0.2) is 17.7 Å². The zero-order chi connectivity index (χ0) is 12.8. The molecule has 0 bridgehead atoms. The highest BCUT2D eigenvalue weighted by atomic mass is 16.7. The summed E-state index contributed by atoms with van der Waals surface area (Å²) < 4.78 is 9.57. The van der Waals surface area contributed by atoms with Crippen molar-refractivity contribution in [3.63, 3.8) is 0 Å². The van der Waals surface area contributed by atoms with Gasteiger partial charge in [0.05, 0.1) is 17.6 Å². The van der Waals surface area contributed by atoms with Crippen molar-refractivity contribution in [3.05, 3.63) is 34.4 Å². The van der Waals surface area contributed by atoms with E-state index in [9.17, 15) is 14.9 Å². The average Bonchev–Trinajstić information content (AvgIpc) is 2.26. The number of ether oxygens (including phenoxy) is 2. The Morgan fingerprint density at radius 1 is 1.47 bits per heavy atom. The molecule has 0 radical (unpaired) electrons. The molecule has 6 heteroatoms. The van der Waals surface area contributed by atoms with Gasteiger partial charge in [-0.2, -0.15) is 0 Å². The van der Waals surface area contributed by atoms with Crippen molar-refractivity contribution in [1.82, 2.24) is 0 Å². The van der Waals surface area contributed by atoms with Gasteiger partial charge in [0.15, 0.2) is 0 Å². The van der Waals surface area contributed by atoms with Crippen molar-refractivity contribution in [2.75, 3.05) is 6.61 Å². The number of non-ortho nitro benzene ring substituents is 1. The molecule has 0 aliphatic rings. The molecule has 0 spiro atoms. The van der Waals surface area contributed by atoms with Crippen LogP contribution in [0.15, 0.2) is 24.3 Å². The molecule has 1 aromatic rings. The molecular formula is C11H13NO5. The van der Waals surface area contributed by atoms with E-state index in [2.05, 4.69) is 0 Å². The molecule has 0 N–H and O–H groups in total. The molecule has 0 aliphatic carbocycles. The van der Waals surface area contributed by atoms with Crippen LogP contribution >= 0.6 is 0 Å². The standard InChI is InChI=1S/C11H13NO5/c1-8(2)7-16-11(13)17-10-5-3-4-9(6-10)12(14)15/h3-6,8H,7H2,1-2H3. The number of hydrogen-bond acceptors (Lipinski definition) is 5. The van der Waals surface area contributed by atoms with Crippen LogP contribution in [0.1, 0.15) is 13.8 Å². The van der Waals surface area contributed by atoms with Gasteiger partial charge in [-0.15, -0.1) is 0 Å². The average molecular weight is 239 g/mol. The first-order chi connectivity index (χ1) is 7.99. The molecule has 0 aliphatic heterocycles. The Morgan fingerprint density at radius 2 is 2.18 bits per heavy atom. The van der Waals surface area contributed by atoms with Gasteiger partial charge in [-0.1, -0.05) is 19.9 Å². The van der Waals surface area contributed by atoms with Gasteiger partial charge in [0, 0.05) is 6.07 Å². The van der Waals surface area contributed by atoms with Crippen molar-refractivity contribution in [1.29, 1.82) is 0 Å². The lowest BCUT2D eigenvalue weighted by Crippen LogP contribution is -2.14. The van der Waals surface area contributed by atoms with Crippen molar-refractivity contribution in [2.45, 2.75) is 13.8 Å². The first-order valence-corrected chi connectivity index (χ1v) is 5.08. The number of nitro benzene ring substituents is 1. The minimum absolute atomic E-state index is 0.0907. The van der Waals surface area contributed by atoms with Gasteiger partial charge in [-0.05, 0) is 12.0 Å². The molecule has 0 saturated heterocycles. The summed E-state index contributed by atoms with van der Waals surface area (Å²) in [5.74, 6) is 0.292. The Bertz CT molecular complexity index is 416. The molecule has 0 amide bonds. The van der Waals surface area contributed by atoms with E-state index in [0.29, 0.717) is 0 Å². The van der Waals surface area contributed by atoms with Crippen LogP contribution in [0.5, 0.6) is 5.75 Å². The van der Waals surface area contributed by atoms with Crippen LogP contribution in [0.3, 0.4) is 0 Å². The number of nitrogens with zero attached hydrogens (tertiary/aromatic N) is 1. The molecule has 0 aromatic heterocycles. The zero-order valence-corrected chi connectivity index (χ0v) is 9.58. The van der Waals surface area contributed by atoms with Gasteiger partial charge in [-0.25, -0.2) is 4.79 Å². The second kappa shape index (κ2) is 5.83. The van der Waals surface area contributed by atoms with E-state index in [1.807, 2.05) is 13.8 Å². The topological polar surface area (TPSA) is 78.7 Å². The summed E-state index contributed by atoms with van der Waals surface area (Å²) in [5.41, 5.74) is -0.140. The number of benzene rings is 1. The lowest BCUT2D eigenvalue weighted by molar-refractivity contribution is -0.384. The lowest BCUT2D eigenvalue weighted by Gasteiger charge is -2.07. The summed E-state index contributed by atoms with van der Waals surface area (Å²) in [6.45, 7) is 4.02. The van der Waals surface area contributed by atoms with Crippen LogP contribution in [0, 0.1) is 16.0 Å². The molecule has 92 valence electrons. The Labute approximate surface area is 98.3 Å². The maximum Gasteiger partial charge on any atom is 0.513 e. The third-order valence-electron chi connectivity index (χ3n) is 1.76. The summed E-state index contributed by atoms with van der Waals surface area (Å²) in [4.78, 5) is 21.1. The first-order valence-electron chi connectivity index (χ1n) is 5.08. The molecule has 0 saturated carbocycles. The third-order valence-corrected chi connectivity index (χ3v) is 1.76. The van der Waals surface area contributed by atoms with E-state index in [1.54, 1.807) is 0 Å². The fourth-order valence-electron chi connectivity index (χ4n) is 1.02. The van der Waals surface area contributed by atoms with Gasteiger partial charge >= 0.3 is 6.16 Å². The molecule has 0 atom stereocenters. The Balaban J connectivity index is 2.59. The van der Waals surface area contributed by atoms with Crippen molar-refractivity contribution in [2.24, 2.45) is 5.92 Å². The fraction of sp³-hybridized carbons (Fsp3) is 0.364. The smallest absolute Gasteiger partial charge is 0.434 e. The molecule has 0 fully saturated rings. The predicted octanol–water partition coefficient (Wildman–Crippen LogP) is 2.77. The third kappa shape index (κ3) is 4.50. The summed E-state index contributed by atoms with van der Waals surface area (Å²) in [6.07, 6.45) is -0.862. The normalized spacial score (nSPS) is 10.1. The molecule has 6 nitrogen and oxygen atoms in total.